The first kappa shape index (κ1) is 28.9. The maximum Gasteiger partial charge on any atom is 0.407 e. The molecule has 1 aromatic carbocycles. The number of aryl methyl sites for hydroxylation is 1. The van der Waals surface area contributed by atoms with Crippen LogP contribution in [0.25, 0.3) is 0 Å². The Bertz CT molecular complexity index is 1250. The zero-order valence-electron chi connectivity index (χ0n) is 22.0. The summed E-state index contributed by atoms with van der Waals surface area (Å²) in [4.78, 5) is 50.5. The Kier molecular flexibility index (Phi) is 9.34. The van der Waals surface area contributed by atoms with Crippen molar-refractivity contribution in [1.82, 2.24) is 20.2 Å². The van der Waals surface area contributed by atoms with Crippen LogP contribution in [0.15, 0.2) is 40.1 Å². The minimum Gasteiger partial charge on any atom is -0.494 e. The monoisotopic (exact) mass is 532 g/mol. The normalized spacial score (nSPS) is 21.1. The van der Waals surface area contributed by atoms with Crippen LogP contribution in [0.3, 0.4) is 0 Å². The molecule has 1 aromatic heterocycles. The molecule has 1 saturated carbocycles. The number of nitrogens with one attached hydrogen (secondary N) is 3. The SMILES string of the molecule is Cc1cn([C@@H]2C[C@@H](CNC(=O)c3cccc(OCCCNC(=O)OC(C)(C)C)c3)[C@@H](O)[C@@H]2O)c(=O)[nH]c1=O. The summed E-state index contributed by atoms with van der Waals surface area (Å²) < 4.78 is 12.1. The molecule has 0 spiro atoms. The number of aromatic nitrogens is 2. The van der Waals surface area contributed by atoms with Gasteiger partial charge >= 0.3 is 11.8 Å². The number of ether oxygens (including phenoxy) is 2. The predicted octanol–water partition coefficient (Wildman–Crippen LogP) is 0.851. The van der Waals surface area contributed by atoms with Crippen LogP contribution < -0.4 is 26.6 Å². The van der Waals surface area contributed by atoms with Crippen molar-refractivity contribution in [2.24, 2.45) is 5.92 Å². The maximum atomic E-state index is 12.7. The zero-order chi connectivity index (χ0) is 28.0. The van der Waals surface area contributed by atoms with Gasteiger partial charge in [-0.1, -0.05) is 6.07 Å². The Morgan fingerprint density at radius 1 is 1.16 bits per heavy atom. The van der Waals surface area contributed by atoms with Gasteiger partial charge in [-0.3, -0.25) is 19.1 Å². The van der Waals surface area contributed by atoms with Gasteiger partial charge in [0.1, 0.15) is 17.5 Å². The predicted molar refractivity (Wildman–Crippen MR) is 138 cm³/mol. The number of hydrogen-bond acceptors (Lipinski definition) is 8. The number of rotatable bonds is 9. The van der Waals surface area contributed by atoms with E-state index in [2.05, 4.69) is 15.6 Å². The third-order valence-electron chi connectivity index (χ3n) is 6.15. The number of aliphatic hydroxyl groups excluding tert-OH is 2. The Morgan fingerprint density at radius 3 is 2.61 bits per heavy atom. The first-order chi connectivity index (χ1) is 17.9. The molecule has 0 unspecified atom stereocenters. The van der Waals surface area contributed by atoms with Crippen molar-refractivity contribution in [2.75, 3.05) is 19.7 Å². The van der Waals surface area contributed by atoms with Crippen LogP contribution in [0.4, 0.5) is 4.79 Å². The third kappa shape index (κ3) is 7.68. The van der Waals surface area contributed by atoms with Gasteiger partial charge in [-0.25, -0.2) is 9.59 Å². The lowest BCUT2D eigenvalue weighted by Crippen LogP contribution is -2.38. The topological polar surface area (TPSA) is 172 Å². The lowest BCUT2D eigenvalue weighted by molar-refractivity contribution is 0.00580. The van der Waals surface area contributed by atoms with Crippen LogP contribution in [0, 0.1) is 12.8 Å². The third-order valence-corrected chi connectivity index (χ3v) is 6.15. The lowest BCUT2D eigenvalue weighted by atomic mass is 10.1. The molecule has 2 aromatic rings. The number of carbonyl (C=O) groups is 2. The zero-order valence-corrected chi connectivity index (χ0v) is 22.0. The molecule has 2 amide bonds. The van der Waals surface area contributed by atoms with E-state index in [9.17, 15) is 29.4 Å². The van der Waals surface area contributed by atoms with Crippen LogP contribution in [0.2, 0.25) is 0 Å². The van der Waals surface area contributed by atoms with E-state index < -0.39 is 47.1 Å². The van der Waals surface area contributed by atoms with Crippen molar-refractivity contribution < 1.29 is 29.3 Å². The number of nitrogens with zero attached hydrogens (tertiary/aromatic N) is 1. The highest BCUT2D eigenvalue weighted by molar-refractivity contribution is 5.94. The number of H-pyrrole nitrogens is 1. The molecule has 38 heavy (non-hydrogen) atoms. The molecular formula is C26H36N4O8. The molecule has 1 fully saturated rings. The highest BCUT2D eigenvalue weighted by atomic mass is 16.6. The molecule has 1 aliphatic carbocycles. The summed E-state index contributed by atoms with van der Waals surface area (Å²) in [6.07, 6.45) is -0.763. The van der Waals surface area contributed by atoms with Crippen molar-refractivity contribution in [3.63, 3.8) is 0 Å². The molecule has 208 valence electrons. The van der Waals surface area contributed by atoms with Gasteiger partial charge in [-0.2, -0.15) is 0 Å². The van der Waals surface area contributed by atoms with E-state index >= 15 is 0 Å². The van der Waals surface area contributed by atoms with Gasteiger partial charge in [0, 0.05) is 36.3 Å². The second-order valence-corrected chi connectivity index (χ2v) is 10.4. The van der Waals surface area contributed by atoms with E-state index in [1.54, 1.807) is 52.0 Å². The number of carbonyl (C=O) groups excluding carboxylic acids is 2. The molecule has 4 atom stereocenters. The lowest BCUT2D eigenvalue weighted by Gasteiger charge is -2.19. The van der Waals surface area contributed by atoms with Gasteiger partial charge in [0.25, 0.3) is 11.5 Å². The fourth-order valence-corrected chi connectivity index (χ4v) is 4.23. The number of aliphatic hydroxyl groups is 2. The fraction of sp³-hybridized carbons (Fsp3) is 0.538. The van der Waals surface area contributed by atoms with Gasteiger partial charge in [0.05, 0.1) is 18.8 Å². The summed E-state index contributed by atoms with van der Waals surface area (Å²) in [6.45, 7) is 7.66. The average Bonchev–Trinajstić information content (AvgIpc) is 3.12. The minimum absolute atomic E-state index is 0.0755. The van der Waals surface area contributed by atoms with Crippen molar-refractivity contribution in [3.8, 4) is 5.75 Å². The molecule has 0 bridgehead atoms. The number of alkyl carbamates (subject to hydrolysis) is 1. The van der Waals surface area contributed by atoms with Crippen molar-refractivity contribution in [3.05, 3.63) is 62.4 Å². The largest absolute Gasteiger partial charge is 0.494 e. The van der Waals surface area contributed by atoms with E-state index in [-0.39, 0.29) is 18.9 Å². The Hall–Kier alpha value is -3.64. The quantitative estimate of drug-likeness (QED) is 0.296. The van der Waals surface area contributed by atoms with E-state index in [4.69, 9.17) is 9.47 Å². The summed E-state index contributed by atoms with van der Waals surface area (Å²) in [5.41, 5.74) is -1.08. The molecule has 1 heterocycles. The molecular weight excluding hydrogens is 496 g/mol. The van der Waals surface area contributed by atoms with Gasteiger partial charge in [0.2, 0.25) is 0 Å². The number of benzene rings is 1. The van der Waals surface area contributed by atoms with Gasteiger partial charge < -0.3 is 30.3 Å². The molecule has 12 heteroatoms. The summed E-state index contributed by atoms with van der Waals surface area (Å²) in [6, 6.07) is 5.86. The second-order valence-electron chi connectivity index (χ2n) is 10.4. The fourth-order valence-electron chi connectivity index (χ4n) is 4.23. The van der Waals surface area contributed by atoms with E-state index in [0.717, 1.165) is 0 Å². The highest BCUT2D eigenvalue weighted by Gasteiger charge is 2.42. The molecule has 0 saturated heterocycles. The van der Waals surface area contributed by atoms with Crippen molar-refractivity contribution in [1.29, 1.82) is 0 Å². The van der Waals surface area contributed by atoms with Crippen molar-refractivity contribution in [2.45, 2.75) is 64.4 Å². The molecule has 5 N–H and O–H groups in total. The van der Waals surface area contributed by atoms with Crippen LogP contribution in [0.1, 0.15) is 55.6 Å². The van der Waals surface area contributed by atoms with Gasteiger partial charge in [-0.05, 0) is 58.7 Å². The Balaban J connectivity index is 1.49. The van der Waals surface area contributed by atoms with Crippen molar-refractivity contribution >= 4 is 12.0 Å². The second kappa shape index (κ2) is 12.3. The van der Waals surface area contributed by atoms with Gasteiger partial charge in [0.15, 0.2) is 0 Å². The molecule has 1 aliphatic rings. The van der Waals surface area contributed by atoms with Crippen LogP contribution in [0.5, 0.6) is 5.75 Å². The first-order valence-electron chi connectivity index (χ1n) is 12.5. The van der Waals surface area contributed by atoms with Crippen LogP contribution in [-0.2, 0) is 4.74 Å². The Morgan fingerprint density at radius 2 is 1.89 bits per heavy atom. The molecule has 0 aliphatic heterocycles. The highest BCUT2D eigenvalue weighted by Crippen LogP contribution is 2.34. The average molecular weight is 533 g/mol. The van der Waals surface area contributed by atoms with Gasteiger partial charge in [-0.15, -0.1) is 0 Å². The molecule has 3 rings (SSSR count). The summed E-state index contributed by atoms with van der Waals surface area (Å²) >= 11 is 0. The summed E-state index contributed by atoms with van der Waals surface area (Å²) in [7, 11) is 0. The standard InChI is InChI=1S/C26H36N4O8/c1-15-14-30(24(35)29-22(15)33)19-12-17(20(31)21(19)32)13-28-23(34)16-7-5-8-18(11-16)37-10-6-9-27-25(36)38-26(2,3)4/h5,7-8,11,14,17,19-21,31-32H,6,9-10,12-13H2,1-4H3,(H,27,36)(H,28,34)(H,29,33,35)/t17-,19+,20+,21+/m0/s1. The van der Waals surface area contributed by atoms with E-state index in [0.29, 0.717) is 36.4 Å². The minimum atomic E-state index is -1.23. The summed E-state index contributed by atoms with van der Waals surface area (Å²) in [5.74, 6) is -0.404. The maximum absolute atomic E-state index is 12.7. The molecule has 12 nitrogen and oxygen atoms in total. The number of aromatic amines is 1. The van der Waals surface area contributed by atoms with Crippen LogP contribution in [-0.4, -0.2) is 69.3 Å². The molecule has 0 radical (unpaired) electrons. The van der Waals surface area contributed by atoms with E-state index in [1.165, 1.54) is 10.8 Å². The summed E-state index contributed by atoms with van der Waals surface area (Å²) in [5, 5.41) is 26.5. The van der Waals surface area contributed by atoms with Crippen LogP contribution >= 0.6 is 0 Å². The number of hydrogen-bond donors (Lipinski definition) is 5. The Labute approximate surface area is 220 Å². The first-order valence-corrected chi connectivity index (χ1v) is 12.5. The van der Waals surface area contributed by atoms with E-state index in [1.807, 2.05) is 0 Å². The number of amides is 2. The smallest absolute Gasteiger partial charge is 0.407 e.